The van der Waals surface area contributed by atoms with Gasteiger partial charge in [0.15, 0.2) is 0 Å². The molecule has 1 unspecified atom stereocenters. The van der Waals surface area contributed by atoms with E-state index in [4.69, 9.17) is 0 Å². The van der Waals surface area contributed by atoms with E-state index in [1.807, 2.05) is 13.8 Å². The number of nitrogens with zero attached hydrogens (tertiary/aromatic N) is 1. The largest absolute Gasteiger partial charge is 0.356 e. The van der Waals surface area contributed by atoms with Gasteiger partial charge in [-0.15, -0.1) is 0 Å². The molecule has 82 valence electrons. The third kappa shape index (κ3) is 3.66. The topological polar surface area (TPSA) is 32.3 Å². The monoisotopic (exact) mass is 198 g/mol. The number of rotatable bonds is 3. The maximum atomic E-state index is 11.3. The second-order valence-electron chi connectivity index (χ2n) is 4.67. The molecule has 1 aliphatic rings. The highest BCUT2D eigenvalue weighted by atomic mass is 16.1. The van der Waals surface area contributed by atoms with Crippen molar-refractivity contribution < 1.29 is 4.79 Å². The Kier molecular flexibility index (Phi) is 4.39. The maximum Gasteiger partial charge on any atom is 0.222 e. The fraction of sp³-hybridized carbons (Fsp3) is 0.909. The zero-order chi connectivity index (χ0) is 10.6. The standard InChI is InChI=1S/C11H22N2O/c1-9(2)11(14)12-7-10-5-4-6-13(3)8-10/h9-10H,4-8H2,1-3H3,(H,12,14). The van der Waals surface area contributed by atoms with E-state index in [2.05, 4.69) is 17.3 Å². The summed E-state index contributed by atoms with van der Waals surface area (Å²) in [4.78, 5) is 13.7. The van der Waals surface area contributed by atoms with Crippen LogP contribution in [0.2, 0.25) is 0 Å². The summed E-state index contributed by atoms with van der Waals surface area (Å²) in [6, 6.07) is 0. The summed E-state index contributed by atoms with van der Waals surface area (Å²) in [6.45, 7) is 7.04. The molecule has 0 aromatic heterocycles. The van der Waals surface area contributed by atoms with Gasteiger partial charge in [0.25, 0.3) is 0 Å². The number of hydrogen-bond acceptors (Lipinski definition) is 2. The Labute approximate surface area is 86.9 Å². The van der Waals surface area contributed by atoms with Crippen LogP contribution < -0.4 is 5.32 Å². The minimum absolute atomic E-state index is 0.108. The number of likely N-dealkylation sites (tertiary alicyclic amines) is 1. The first kappa shape index (κ1) is 11.5. The van der Waals surface area contributed by atoms with Gasteiger partial charge in [-0.3, -0.25) is 4.79 Å². The molecule has 14 heavy (non-hydrogen) atoms. The molecule has 3 nitrogen and oxygen atoms in total. The molecule has 0 saturated carbocycles. The van der Waals surface area contributed by atoms with Gasteiger partial charge in [0.2, 0.25) is 5.91 Å². The van der Waals surface area contributed by atoms with Gasteiger partial charge >= 0.3 is 0 Å². The van der Waals surface area contributed by atoms with Crippen molar-refractivity contribution in [3.63, 3.8) is 0 Å². The molecule has 1 saturated heterocycles. The molecular formula is C11H22N2O. The van der Waals surface area contributed by atoms with Crippen molar-refractivity contribution >= 4 is 5.91 Å². The summed E-state index contributed by atoms with van der Waals surface area (Å²) >= 11 is 0. The van der Waals surface area contributed by atoms with Crippen molar-refractivity contribution in [2.75, 3.05) is 26.7 Å². The van der Waals surface area contributed by atoms with Gasteiger partial charge in [0.05, 0.1) is 0 Å². The lowest BCUT2D eigenvalue weighted by Crippen LogP contribution is -2.40. The van der Waals surface area contributed by atoms with Crippen LogP contribution in [0.15, 0.2) is 0 Å². The maximum absolute atomic E-state index is 11.3. The zero-order valence-corrected chi connectivity index (χ0v) is 9.55. The molecule has 0 aromatic rings. The first-order valence-electron chi connectivity index (χ1n) is 5.56. The van der Waals surface area contributed by atoms with Crippen LogP contribution in [0.4, 0.5) is 0 Å². The van der Waals surface area contributed by atoms with Crippen molar-refractivity contribution in [2.24, 2.45) is 11.8 Å². The second kappa shape index (κ2) is 5.35. The molecule has 1 aliphatic heterocycles. The van der Waals surface area contributed by atoms with Gasteiger partial charge in [-0.1, -0.05) is 13.8 Å². The first-order chi connectivity index (χ1) is 6.59. The van der Waals surface area contributed by atoms with Crippen LogP contribution in [0.5, 0.6) is 0 Å². The fourth-order valence-electron chi connectivity index (χ4n) is 1.89. The minimum Gasteiger partial charge on any atom is -0.356 e. The van der Waals surface area contributed by atoms with E-state index < -0.39 is 0 Å². The first-order valence-corrected chi connectivity index (χ1v) is 5.56. The van der Waals surface area contributed by atoms with Crippen molar-refractivity contribution in [2.45, 2.75) is 26.7 Å². The average Bonchev–Trinajstić information content (AvgIpc) is 2.14. The van der Waals surface area contributed by atoms with Gasteiger partial charge in [-0.25, -0.2) is 0 Å². The lowest BCUT2D eigenvalue weighted by Gasteiger charge is -2.29. The highest BCUT2D eigenvalue weighted by Gasteiger charge is 2.18. The van der Waals surface area contributed by atoms with Crippen LogP contribution in [0, 0.1) is 11.8 Å². The van der Waals surface area contributed by atoms with Crippen LogP contribution >= 0.6 is 0 Å². The van der Waals surface area contributed by atoms with Crippen molar-refractivity contribution in [1.82, 2.24) is 10.2 Å². The number of nitrogens with one attached hydrogen (secondary N) is 1. The molecule has 3 heteroatoms. The molecule has 1 heterocycles. The average molecular weight is 198 g/mol. The fourth-order valence-corrected chi connectivity index (χ4v) is 1.89. The van der Waals surface area contributed by atoms with Gasteiger partial charge < -0.3 is 10.2 Å². The lowest BCUT2D eigenvalue weighted by molar-refractivity contribution is -0.124. The van der Waals surface area contributed by atoms with Gasteiger partial charge in [-0.2, -0.15) is 0 Å². The molecule has 1 rings (SSSR count). The summed E-state index contributed by atoms with van der Waals surface area (Å²) < 4.78 is 0. The Balaban J connectivity index is 2.20. The summed E-state index contributed by atoms with van der Waals surface area (Å²) in [6.07, 6.45) is 2.52. The number of carbonyl (C=O) groups excluding carboxylic acids is 1. The van der Waals surface area contributed by atoms with Crippen LogP contribution in [-0.2, 0) is 4.79 Å². The molecular weight excluding hydrogens is 176 g/mol. The van der Waals surface area contributed by atoms with Gasteiger partial charge in [0.1, 0.15) is 0 Å². The van der Waals surface area contributed by atoms with Crippen LogP contribution in [0.25, 0.3) is 0 Å². The Morgan fingerprint density at radius 3 is 2.86 bits per heavy atom. The van der Waals surface area contributed by atoms with E-state index in [-0.39, 0.29) is 11.8 Å². The van der Waals surface area contributed by atoms with Gasteiger partial charge in [0, 0.05) is 19.0 Å². The van der Waals surface area contributed by atoms with Crippen LogP contribution in [0.1, 0.15) is 26.7 Å². The molecule has 1 N–H and O–H groups in total. The van der Waals surface area contributed by atoms with E-state index in [0.717, 1.165) is 13.1 Å². The molecule has 1 amide bonds. The smallest absolute Gasteiger partial charge is 0.222 e. The normalized spacial score (nSPS) is 23.9. The van der Waals surface area contributed by atoms with Crippen molar-refractivity contribution in [3.05, 3.63) is 0 Å². The molecule has 0 spiro atoms. The third-order valence-corrected chi connectivity index (χ3v) is 2.81. The third-order valence-electron chi connectivity index (χ3n) is 2.81. The predicted molar refractivity (Wildman–Crippen MR) is 58.1 cm³/mol. The molecule has 0 aromatic carbocycles. The molecule has 0 aliphatic carbocycles. The SMILES string of the molecule is CC(C)C(=O)NCC1CCCN(C)C1. The zero-order valence-electron chi connectivity index (χ0n) is 9.55. The predicted octanol–water partition coefficient (Wildman–Crippen LogP) is 1.10. The van der Waals surface area contributed by atoms with E-state index >= 15 is 0 Å². The Morgan fingerprint density at radius 2 is 2.29 bits per heavy atom. The Bertz CT molecular complexity index is 192. The van der Waals surface area contributed by atoms with Crippen molar-refractivity contribution in [1.29, 1.82) is 0 Å². The minimum atomic E-state index is 0.108. The molecule has 0 radical (unpaired) electrons. The van der Waals surface area contributed by atoms with E-state index in [0.29, 0.717) is 5.92 Å². The Hall–Kier alpha value is -0.570. The summed E-state index contributed by atoms with van der Waals surface area (Å²) in [5.74, 6) is 0.936. The number of carbonyl (C=O) groups is 1. The second-order valence-corrected chi connectivity index (χ2v) is 4.67. The van der Waals surface area contributed by atoms with E-state index in [9.17, 15) is 4.79 Å². The number of piperidine rings is 1. The molecule has 1 atom stereocenters. The molecule has 1 fully saturated rings. The van der Waals surface area contributed by atoms with Crippen LogP contribution in [-0.4, -0.2) is 37.5 Å². The summed E-state index contributed by atoms with van der Waals surface area (Å²) in [7, 11) is 2.15. The quantitative estimate of drug-likeness (QED) is 0.736. The highest BCUT2D eigenvalue weighted by molar-refractivity contribution is 5.77. The van der Waals surface area contributed by atoms with Crippen molar-refractivity contribution in [3.8, 4) is 0 Å². The number of hydrogen-bond donors (Lipinski definition) is 1. The molecule has 0 bridgehead atoms. The van der Waals surface area contributed by atoms with Crippen LogP contribution in [0.3, 0.4) is 0 Å². The van der Waals surface area contributed by atoms with E-state index in [1.165, 1.54) is 19.4 Å². The number of amides is 1. The van der Waals surface area contributed by atoms with Gasteiger partial charge in [-0.05, 0) is 32.4 Å². The highest BCUT2D eigenvalue weighted by Crippen LogP contribution is 2.13. The summed E-state index contributed by atoms with van der Waals surface area (Å²) in [5, 5.41) is 3.01. The Morgan fingerprint density at radius 1 is 1.57 bits per heavy atom. The lowest BCUT2D eigenvalue weighted by atomic mass is 9.98. The summed E-state index contributed by atoms with van der Waals surface area (Å²) in [5.41, 5.74) is 0. The van der Waals surface area contributed by atoms with E-state index in [1.54, 1.807) is 0 Å².